The van der Waals surface area contributed by atoms with E-state index in [1.165, 1.54) is 11.1 Å². The van der Waals surface area contributed by atoms with Crippen molar-refractivity contribution in [1.82, 2.24) is 0 Å². The number of anilines is 2. The van der Waals surface area contributed by atoms with Crippen molar-refractivity contribution in [1.29, 1.82) is 0 Å². The Balaban J connectivity index is 1.73. The van der Waals surface area contributed by atoms with Crippen LogP contribution < -0.4 is 10.6 Å². The zero-order valence-electron chi connectivity index (χ0n) is 19.0. The number of hydrogen-bond acceptors (Lipinski definition) is 3. The van der Waals surface area contributed by atoms with Crippen molar-refractivity contribution in [3.05, 3.63) is 58.7 Å². The molecule has 0 radical (unpaired) electrons. The molecule has 1 unspecified atom stereocenters. The molecule has 30 heavy (non-hydrogen) atoms. The summed E-state index contributed by atoms with van der Waals surface area (Å²) in [4.78, 5) is 24.7. The zero-order valence-corrected chi connectivity index (χ0v) is 19.8. The Morgan fingerprint density at radius 3 is 2.10 bits per heavy atom. The Labute approximate surface area is 185 Å². The van der Waals surface area contributed by atoms with E-state index in [4.69, 9.17) is 0 Å². The van der Waals surface area contributed by atoms with Gasteiger partial charge >= 0.3 is 0 Å². The third kappa shape index (κ3) is 7.21. The summed E-state index contributed by atoms with van der Waals surface area (Å²) in [6.07, 6.45) is 1.19. The zero-order chi connectivity index (χ0) is 22.3. The lowest BCUT2D eigenvalue weighted by Gasteiger charge is -2.14. The molecule has 2 rings (SSSR count). The van der Waals surface area contributed by atoms with E-state index in [1.54, 1.807) is 11.8 Å². The maximum atomic E-state index is 12.4. The molecule has 0 fully saturated rings. The molecule has 2 aromatic rings. The lowest BCUT2D eigenvalue weighted by atomic mass is 10.0. The van der Waals surface area contributed by atoms with Crippen LogP contribution in [-0.2, 0) is 9.59 Å². The van der Waals surface area contributed by atoms with Gasteiger partial charge in [0.1, 0.15) is 0 Å². The maximum Gasteiger partial charge on any atom is 0.237 e. The quantitative estimate of drug-likeness (QED) is 0.468. The normalized spacial score (nSPS) is 12.0. The average molecular weight is 427 g/mol. The van der Waals surface area contributed by atoms with Crippen LogP contribution in [0.3, 0.4) is 0 Å². The smallest absolute Gasteiger partial charge is 0.237 e. The average Bonchev–Trinajstić information content (AvgIpc) is 2.68. The Hall–Kier alpha value is -2.27. The van der Waals surface area contributed by atoms with E-state index in [-0.39, 0.29) is 17.1 Å². The van der Waals surface area contributed by atoms with Crippen LogP contribution in [0.4, 0.5) is 11.4 Å². The van der Waals surface area contributed by atoms with Crippen LogP contribution in [0.1, 0.15) is 61.8 Å². The fourth-order valence-corrected chi connectivity index (χ4v) is 4.22. The molecule has 5 heteroatoms. The van der Waals surface area contributed by atoms with Crippen molar-refractivity contribution >= 4 is 35.0 Å². The number of hydrogen-bond donors (Lipinski definition) is 2. The van der Waals surface area contributed by atoms with E-state index in [0.29, 0.717) is 12.3 Å². The number of nitrogens with one attached hydrogen (secondary N) is 2. The lowest BCUT2D eigenvalue weighted by molar-refractivity contribution is -0.116. The minimum atomic E-state index is -0.167. The van der Waals surface area contributed by atoms with Crippen molar-refractivity contribution in [3.8, 4) is 0 Å². The molecule has 0 aromatic heterocycles. The van der Waals surface area contributed by atoms with Crippen LogP contribution in [0.15, 0.2) is 36.4 Å². The number of thioether (sulfide) groups is 1. The molecule has 2 N–H and O–H groups in total. The third-order valence-corrected chi connectivity index (χ3v) is 6.31. The lowest BCUT2D eigenvalue weighted by Crippen LogP contribution is -2.23. The summed E-state index contributed by atoms with van der Waals surface area (Å²) in [5.41, 5.74) is 6.35. The number of amides is 2. The largest absolute Gasteiger partial charge is 0.326 e. The number of carbonyl (C=O) groups excluding carboxylic acids is 2. The molecule has 4 nitrogen and oxygen atoms in total. The summed E-state index contributed by atoms with van der Waals surface area (Å²) >= 11 is 1.58. The fourth-order valence-electron chi connectivity index (χ4n) is 3.34. The van der Waals surface area contributed by atoms with Gasteiger partial charge in [0.25, 0.3) is 0 Å². The van der Waals surface area contributed by atoms with Gasteiger partial charge in [0.2, 0.25) is 11.8 Å². The van der Waals surface area contributed by atoms with Crippen LogP contribution in [0.5, 0.6) is 0 Å². The minimum Gasteiger partial charge on any atom is -0.326 e. The van der Waals surface area contributed by atoms with Gasteiger partial charge in [-0.2, -0.15) is 0 Å². The van der Waals surface area contributed by atoms with Gasteiger partial charge < -0.3 is 10.6 Å². The molecule has 2 aromatic carbocycles. The molecular formula is C25H34N2O2S. The molecular weight excluding hydrogens is 392 g/mol. The molecule has 1 atom stereocenters. The van der Waals surface area contributed by atoms with Crippen molar-refractivity contribution in [2.45, 2.75) is 65.6 Å². The van der Waals surface area contributed by atoms with Crippen LogP contribution in [0.25, 0.3) is 0 Å². The summed E-state index contributed by atoms with van der Waals surface area (Å²) in [6, 6.07) is 12.2. The van der Waals surface area contributed by atoms with Gasteiger partial charge in [-0.1, -0.05) is 43.7 Å². The van der Waals surface area contributed by atoms with Gasteiger partial charge in [-0.3, -0.25) is 9.59 Å². The van der Waals surface area contributed by atoms with E-state index in [0.717, 1.165) is 34.7 Å². The van der Waals surface area contributed by atoms with Crippen molar-refractivity contribution in [3.63, 3.8) is 0 Å². The first-order valence-electron chi connectivity index (χ1n) is 10.6. The van der Waals surface area contributed by atoms with E-state index < -0.39 is 0 Å². The van der Waals surface area contributed by atoms with Crippen LogP contribution in [0.2, 0.25) is 0 Å². The van der Waals surface area contributed by atoms with E-state index in [9.17, 15) is 9.59 Å². The first kappa shape index (κ1) is 24.0. The van der Waals surface area contributed by atoms with Crippen LogP contribution in [0, 0.1) is 20.8 Å². The molecule has 0 aliphatic rings. The van der Waals surface area contributed by atoms with Gasteiger partial charge in [-0.25, -0.2) is 0 Å². The first-order valence-corrected chi connectivity index (χ1v) is 11.6. The fraction of sp³-hybridized carbons (Fsp3) is 0.440. The molecule has 0 aliphatic carbocycles. The van der Waals surface area contributed by atoms with E-state index in [1.807, 2.05) is 45.0 Å². The predicted octanol–water partition coefficient (Wildman–Crippen LogP) is 6.21. The standard InChI is InChI=1S/C25H34N2O2S/c1-16(2)21-9-11-22(12-10-21)26-25(29)20(6)30-13-7-8-23(28)27-24-18(4)14-17(3)15-19(24)5/h9-12,14-16,20H,7-8,13H2,1-6H3,(H,26,29)(H,27,28). The second-order valence-electron chi connectivity index (χ2n) is 8.20. The summed E-state index contributed by atoms with van der Waals surface area (Å²) in [7, 11) is 0. The SMILES string of the molecule is Cc1cc(C)c(NC(=O)CCCSC(C)C(=O)Nc2ccc(C(C)C)cc2)c(C)c1. The second kappa shape index (κ2) is 11.2. The highest BCUT2D eigenvalue weighted by atomic mass is 32.2. The summed E-state index contributed by atoms with van der Waals surface area (Å²) in [5, 5.41) is 5.84. The van der Waals surface area contributed by atoms with Gasteiger partial charge in [0.05, 0.1) is 5.25 Å². The Morgan fingerprint density at radius 1 is 0.933 bits per heavy atom. The molecule has 162 valence electrons. The van der Waals surface area contributed by atoms with Crippen LogP contribution in [-0.4, -0.2) is 22.8 Å². The minimum absolute atomic E-state index is 0.00680. The van der Waals surface area contributed by atoms with E-state index in [2.05, 4.69) is 43.5 Å². The Kier molecular flexibility index (Phi) is 8.97. The maximum absolute atomic E-state index is 12.4. The highest BCUT2D eigenvalue weighted by Crippen LogP contribution is 2.23. The summed E-state index contributed by atoms with van der Waals surface area (Å²) in [5.74, 6) is 1.25. The van der Waals surface area contributed by atoms with Gasteiger partial charge in [0, 0.05) is 17.8 Å². The molecule has 0 spiro atoms. The Morgan fingerprint density at radius 2 is 1.53 bits per heavy atom. The molecule has 0 bridgehead atoms. The summed E-state index contributed by atoms with van der Waals surface area (Å²) in [6.45, 7) is 12.3. The van der Waals surface area contributed by atoms with Crippen molar-refractivity contribution in [2.75, 3.05) is 16.4 Å². The van der Waals surface area contributed by atoms with Crippen molar-refractivity contribution < 1.29 is 9.59 Å². The monoisotopic (exact) mass is 426 g/mol. The molecule has 2 amide bonds. The van der Waals surface area contributed by atoms with Gasteiger partial charge in [0.15, 0.2) is 0 Å². The molecule has 0 aliphatic heterocycles. The van der Waals surface area contributed by atoms with Gasteiger partial charge in [-0.05, 0) is 74.6 Å². The van der Waals surface area contributed by atoms with Gasteiger partial charge in [-0.15, -0.1) is 11.8 Å². The van der Waals surface area contributed by atoms with Crippen molar-refractivity contribution in [2.24, 2.45) is 0 Å². The van der Waals surface area contributed by atoms with Crippen LogP contribution >= 0.6 is 11.8 Å². The van der Waals surface area contributed by atoms with E-state index >= 15 is 0 Å². The Bertz CT molecular complexity index is 852. The predicted molar refractivity (Wildman–Crippen MR) is 130 cm³/mol. The summed E-state index contributed by atoms with van der Waals surface area (Å²) < 4.78 is 0. The third-order valence-electron chi connectivity index (χ3n) is 5.07. The number of benzene rings is 2. The first-order chi connectivity index (χ1) is 14.2. The topological polar surface area (TPSA) is 58.2 Å². The number of aryl methyl sites for hydroxylation is 3. The highest BCUT2D eigenvalue weighted by Gasteiger charge is 2.14. The molecule has 0 saturated heterocycles. The highest BCUT2D eigenvalue weighted by molar-refractivity contribution is 8.00. The second-order valence-corrected chi connectivity index (χ2v) is 9.65. The molecule has 0 saturated carbocycles. The number of carbonyl (C=O) groups is 2. The number of rotatable bonds is 9. The molecule has 0 heterocycles.